The molecule has 0 aliphatic heterocycles. The van der Waals surface area contributed by atoms with E-state index in [1.165, 1.54) is 32.6 Å². The number of methoxy groups -OCH3 is 2. The molecule has 0 unspecified atom stereocenters. The Morgan fingerprint density at radius 3 is 2.42 bits per heavy atom. The third-order valence-electron chi connectivity index (χ3n) is 5.60. The molecule has 0 spiro atoms. The minimum absolute atomic E-state index is 0.00515. The van der Waals surface area contributed by atoms with Crippen molar-refractivity contribution in [1.29, 1.82) is 0 Å². The molecule has 0 atom stereocenters. The lowest BCUT2D eigenvalue weighted by Crippen LogP contribution is -2.30. The third kappa shape index (κ3) is 4.52. The summed E-state index contributed by atoms with van der Waals surface area (Å²) in [6, 6.07) is 21.2. The number of nitrogens with one attached hydrogen (secondary N) is 2. The van der Waals surface area contributed by atoms with Gasteiger partial charge in [-0.25, -0.2) is 0 Å². The van der Waals surface area contributed by atoms with Gasteiger partial charge >= 0.3 is 0 Å². The molecule has 2 heterocycles. The standard InChI is InChI=1S/C28H22N2O6/c1-33-24-12-9-17(14-26(24)34-2)27(31)30-22(16-19-6-5-13-35-19)28(32)29-18-10-11-21-20-7-3-4-8-23(20)36-25(21)15-18/h3-16H,1-2H3,(H,29,32)(H,30,31)/b22-16-. The lowest BCUT2D eigenvalue weighted by atomic mass is 10.1. The summed E-state index contributed by atoms with van der Waals surface area (Å²) in [4.78, 5) is 26.2. The highest BCUT2D eigenvalue weighted by atomic mass is 16.5. The quantitative estimate of drug-likeness (QED) is 0.293. The number of carbonyl (C=O) groups excluding carboxylic acids is 2. The summed E-state index contributed by atoms with van der Waals surface area (Å²) in [5.74, 6) is 0.247. The number of anilines is 1. The Kier molecular flexibility index (Phi) is 6.15. The van der Waals surface area contributed by atoms with E-state index in [0.717, 1.165) is 16.4 Å². The second-order valence-corrected chi connectivity index (χ2v) is 7.86. The molecule has 2 amide bonds. The molecule has 5 rings (SSSR count). The normalized spacial score (nSPS) is 11.4. The number of furan rings is 2. The number of amides is 2. The molecule has 8 nitrogen and oxygen atoms in total. The van der Waals surface area contributed by atoms with E-state index in [1.807, 2.05) is 30.3 Å². The van der Waals surface area contributed by atoms with Gasteiger partial charge in [-0.05, 0) is 48.5 Å². The molecule has 2 N–H and O–H groups in total. The largest absolute Gasteiger partial charge is 0.493 e. The maximum absolute atomic E-state index is 13.2. The molecule has 180 valence electrons. The van der Waals surface area contributed by atoms with Crippen molar-refractivity contribution in [3.05, 3.63) is 96.1 Å². The first kappa shape index (κ1) is 22.8. The van der Waals surface area contributed by atoms with E-state index in [0.29, 0.717) is 28.5 Å². The van der Waals surface area contributed by atoms with Crippen molar-refractivity contribution in [3.8, 4) is 11.5 Å². The van der Waals surface area contributed by atoms with Gasteiger partial charge in [0.1, 0.15) is 22.6 Å². The molecule has 2 aromatic heterocycles. The van der Waals surface area contributed by atoms with Crippen LogP contribution in [0.5, 0.6) is 11.5 Å². The van der Waals surface area contributed by atoms with Crippen LogP contribution in [-0.4, -0.2) is 26.0 Å². The van der Waals surface area contributed by atoms with Gasteiger partial charge < -0.3 is 28.9 Å². The molecule has 8 heteroatoms. The second-order valence-electron chi connectivity index (χ2n) is 7.86. The first-order valence-electron chi connectivity index (χ1n) is 11.1. The molecule has 0 aliphatic rings. The van der Waals surface area contributed by atoms with Gasteiger partial charge in [-0.3, -0.25) is 9.59 Å². The Morgan fingerprint density at radius 1 is 0.833 bits per heavy atom. The number of fused-ring (bicyclic) bond motifs is 3. The smallest absolute Gasteiger partial charge is 0.272 e. The molecule has 3 aromatic carbocycles. The van der Waals surface area contributed by atoms with Gasteiger partial charge in [0.05, 0.1) is 20.5 Å². The zero-order valence-corrected chi connectivity index (χ0v) is 19.5. The van der Waals surface area contributed by atoms with Crippen LogP contribution in [-0.2, 0) is 4.79 Å². The van der Waals surface area contributed by atoms with Gasteiger partial charge in [0, 0.05) is 34.2 Å². The predicted octanol–water partition coefficient (Wildman–Crippen LogP) is 5.61. The van der Waals surface area contributed by atoms with E-state index in [1.54, 1.807) is 36.4 Å². The van der Waals surface area contributed by atoms with Crippen molar-refractivity contribution in [2.75, 3.05) is 19.5 Å². The lowest BCUT2D eigenvalue weighted by molar-refractivity contribution is -0.113. The van der Waals surface area contributed by atoms with Crippen LogP contribution in [0.25, 0.3) is 28.0 Å². The summed E-state index contributed by atoms with van der Waals surface area (Å²) in [6.45, 7) is 0. The number of para-hydroxylation sites is 1. The number of ether oxygens (including phenoxy) is 2. The number of hydrogen-bond acceptors (Lipinski definition) is 6. The van der Waals surface area contributed by atoms with E-state index < -0.39 is 11.8 Å². The highest BCUT2D eigenvalue weighted by Crippen LogP contribution is 2.31. The van der Waals surface area contributed by atoms with E-state index in [-0.39, 0.29) is 11.3 Å². The summed E-state index contributed by atoms with van der Waals surface area (Å²) in [5.41, 5.74) is 2.19. The van der Waals surface area contributed by atoms with Crippen LogP contribution >= 0.6 is 0 Å². The van der Waals surface area contributed by atoms with Gasteiger partial charge in [0.25, 0.3) is 11.8 Å². The average Bonchev–Trinajstić information content (AvgIpc) is 3.55. The Morgan fingerprint density at radius 2 is 1.64 bits per heavy atom. The van der Waals surface area contributed by atoms with Crippen LogP contribution in [0.3, 0.4) is 0 Å². The average molecular weight is 482 g/mol. The predicted molar refractivity (Wildman–Crippen MR) is 136 cm³/mol. The molecule has 36 heavy (non-hydrogen) atoms. The van der Waals surface area contributed by atoms with Crippen molar-refractivity contribution in [2.45, 2.75) is 0 Å². The summed E-state index contributed by atoms with van der Waals surface area (Å²) in [5, 5.41) is 7.42. The Hall–Kier alpha value is -4.98. The summed E-state index contributed by atoms with van der Waals surface area (Å²) >= 11 is 0. The van der Waals surface area contributed by atoms with E-state index in [9.17, 15) is 9.59 Å². The lowest BCUT2D eigenvalue weighted by Gasteiger charge is -2.12. The first-order valence-corrected chi connectivity index (χ1v) is 11.1. The number of hydrogen-bond donors (Lipinski definition) is 2. The highest BCUT2D eigenvalue weighted by molar-refractivity contribution is 6.12. The zero-order valence-electron chi connectivity index (χ0n) is 19.5. The van der Waals surface area contributed by atoms with Crippen molar-refractivity contribution in [1.82, 2.24) is 5.32 Å². The summed E-state index contributed by atoms with van der Waals surface area (Å²) in [7, 11) is 2.99. The molecule has 5 aromatic rings. The summed E-state index contributed by atoms with van der Waals surface area (Å²) < 4.78 is 21.8. The SMILES string of the molecule is COc1ccc(C(=O)N/C(=C\c2ccco2)C(=O)Nc2ccc3c(c2)oc2ccccc23)cc1OC. The van der Waals surface area contributed by atoms with Gasteiger partial charge in [0.2, 0.25) is 0 Å². The van der Waals surface area contributed by atoms with E-state index >= 15 is 0 Å². The van der Waals surface area contributed by atoms with Crippen LogP contribution in [0.15, 0.2) is 93.6 Å². The molecular formula is C28H22N2O6. The summed E-state index contributed by atoms with van der Waals surface area (Å²) in [6.07, 6.45) is 2.93. The van der Waals surface area contributed by atoms with E-state index in [2.05, 4.69) is 10.6 Å². The Labute approximate surface area is 206 Å². The Bertz CT molecular complexity index is 1600. The molecule has 0 radical (unpaired) electrons. The fourth-order valence-electron chi connectivity index (χ4n) is 3.85. The molecule has 0 aliphatic carbocycles. The van der Waals surface area contributed by atoms with Crippen LogP contribution in [0.1, 0.15) is 16.1 Å². The number of carbonyl (C=O) groups is 2. The molecule has 0 fully saturated rings. The van der Waals surface area contributed by atoms with Gasteiger partial charge in [0.15, 0.2) is 11.5 Å². The molecule has 0 saturated carbocycles. The van der Waals surface area contributed by atoms with Crippen LogP contribution < -0.4 is 20.1 Å². The van der Waals surface area contributed by atoms with Crippen molar-refractivity contribution in [2.24, 2.45) is 0 Å². The van der Waals surface area contributed by atoms with Crippen molar-refractivity contribution in [3.63, 3.8) is 0 Å². The topological polar surface area (TPSA) is 103 Å². The van der Waals surface area contributed by atoms with Gasteiger partial charge in [-0.15, -0.1) is 0 Å². The third-order valence-corrected chi connectivity index (χ3v) is 5.60. The van der Waals surface area contributed by atoms with Gasteiger partial charge in [-0.2, -0.15) is 0 Å². The zero-order chi connectivity index (χ0) is 25.1. The van der Waals surface area contributed by atoms with Crippen LogP contribution in [0.4, 0.5) is 5.69 Å². The van der Waals surface area contributed by atoms with Crippen LogP contribution in [0, 0.1) is 0 Å². The maximum Gasteiger partial charge on any atom is 0.272 e. The minimum Gasteiger partial charge on any atom is -0.493 e. The second kappa shape index (κ2) is 9.71. The van der Waals surface area contributed by atoms with Gasteiger partial charge in [-0.1, -0.05) is 18.2 Å². The fourth-order valence-corrected chi connectivity index (χ4v) is 3.85. The Balaban J connectivity index is 1.42. The number of rotatable bonds is 7. The molecule has 0 bridgehead atoms. The fraction of sp³-hybridized carbons (Fsp3) is 0.0714. The van der Waals surface area contributed by atoms with Crippen molar-refractivity contribution >= 4 is 45.5 Å². The first-order chi connectivity index (χ1) is 17.6. The van der Waals surface area contributed by atoms with E-state index in [4.69, 9.17) is 18.3 Å². The maximum atomic E-state index is 13.2. The monoisotopic (exact) mass is 482 g/mol. The minimum atomic E-state index is -0.532. The number of benzene rings is 3. The highest BCUT2D eigenvalue weighted by Gasteiger charge is 2.18. The van der Waals surface area contributed by atoms with Crippen LogP contribution in [0.2, 0.25) is 0 Å². The van der Waals surface area contributed by atoms with Crippen molar-refractivity contribution < 1.29 is 27.9 Å². The molecular weight excluding hydrogens is 460 g/mol. The molecule has 0 saturated heterocycles.